The van der Waals surface area contributed by atoms with Gasteiger partial charge in [-0.25, -0.2) is 63.9 Å². The highest BCUT2D eigenvalue weighted by molar-refractivity contribution is 6.25. The van der Waals surface area contributed by atoms with Gasteiger partial charge in [-0.2, -0.15) is 0 Å². The van der Waals surface area contributed by atoms with Crippen molar-refractivity contribution in [3.05, 3.63) is 180 Å². The van der Waals surface area contributed by atoms with E-state index in [-0.39, 0.29) is 86.5 Å². The predicted octanol–water partition coefficient (Wildman–Crippen LogP) is 15.1. The fraction of sp³-hybridized carbons (Fsp3) is 0.500. The van der Waals surface area contributed by atoms with Crippen LogP contribution in [0.2, 0.25) is 0 Å². The normalized spacial score (nSPS) is 10.8. The van der Waals surface area contributed by atoms with Crippen molar-refractivity contribution in [2.24, 2.45) is 0 Å². The number of halogens is 8. The highest BCUT2D eigenvalue weighted by Crippen LogP contribution is 2.21. The van der Waals surface area contributed by atoms with Crippen molar-refractivity contribution in [2.45, 2.75) is 158 Å². The first kappa shape index (κ1) is 107. The van der Waals surface area contributed by atoms with Crippen LogP contribution in [0.1, 0.15) is 158 Å². The maximum Gasteiger partial charge on any atom is 0.319 e. The monoisotopic (exact) mass is 1720 g/mol. The van der Waals surface area contributed by atoms with E-state index in [0.717, 1.165) is 24.3 Å². The lowest BCUT2D eigenvalue weighted by atomic mass is 10.1. The zero-order chi connectivity index (χ0) is 90.4. The highest BCUT2D eigenvalue weighted by atomic mass is 19.2. The molecule has 0 aliphatic heterocycles. The van der Waals surface area contributed by atoms with E-state index in [9.17, 15) is 63.9 Å². The summed E-state index contributed by atoms with van der Waals surface area (Å²) in [6, 6.07) is 23.3. The summed E-state index contributed by atoms with van der Waals surface area (Å²) in [7, 11) is 0. The second-order valence-corrected chi connectivity index (χ2v) is 29.2. The molecule has 122 heavy (non-hydrogen) atoms. The molecule has 34 heteroatoms. The molecule has 0 fully saturated rings. The molecule has 6 aromatic carbocycles. The van der Waals surface area contributed by atoms with E-state index in [0.29, 0.717) is 38.3 Å². The van der Waals surface area contributed by atoms with Gasteiger partial charge in [-0.1, -0.05) is 131 Å². The van der Waals surface area contributed by atoms with Crippen LogP contribution in [0, 0.1) is 46.5 Å². The zero-order valence-corrected chi connectivity index (χ0v) is 72.1. The Morgan fingerprint density at radius 3 is 0.574 bits per heavy atom. The molecule has 0 aliphatic carbocycles. The Morgan fingerprint density at radius 1 is 0.254 bits per heavy atom. The number of hydrogen-bond donors (Lipinski definition) is 12. The topological polar surface area (TPSA) is 334 Å². The summed E-state index contributed by atoms with van der Waals surface area (Å²) in [5.41, 5.74) is 1.00. The van der Waals surface area contributed by atoms with Crippen LogP contribution in [0.3, 0.4) is 0 Å². The number of rotatable bonds is 48. The number of unbranched alkanes of at least 4 members (excludes halogenated alkanes) is 8. The van der Waals surface area contributed by atoms with Crippen molar-refractivity contribution >= 4 is 82.2 Å². The maximum absolute atomic E-state index is 13.3. The van der Waals surface area contributed by atoms with Crippen LogP contribution >= 0.6 is 0 Å². The molecule has 0 saturated carbocycles. The van der Waals surface area contributed by atoms with E-state index in [1.54, 1.807) is 0 Å². The number of urea groups is 6. The molecule has 0 radical (unpaired) electrons. The maximum atomic E-state index is 13.3. The van der Waals surface area contributed by atoms with Gasteiger partial charge in [-0.05, 0) is 148 Å². The lowest BCUT2D eigenvalue weighted by molar-refractivity contribution is -0.929. The van der Waals surface area contributed by atoms with Gasteiger partial charge in [-0.15, -0.1) is 0 Å². The summed E-state index contributed by atoms with van der Waals surface area (Å²) in [5.74, 6) is -9.72. The van der Waals surface area contributed by atoms with Gasteiger partial charge >= 0.3 is 36.2 Å². The van der Waals surface area contributed by atoms with E-state index in [1.165, 1.54) is 261 Å². The molecule has 0 unspecified atom stereocenters. The molecule has 6 aromatic rings. The van der Waals surface area contributed by atoms with Crippen LogP contribution in [0.25, 0.3) is 0 Å². The number of anilines is 6. The van der Waals surface area contributed by atoms with Gasteiger partial charge in [0, 0.05) is 125 Å². The lowest BCUT2D eigenvalue weighted by Crippen LogP contribution is -2.50. The minimum atomic E-state index is -2.19. The van der Waals surface area contributed by atoms with E-state index in [4.69, 9.17) is 19.8 Å². The van der Waals surface area contributed by atoms with Crippen LogP contribution in [-0.4, -0.2) is 198 Å². The molecule has 0 saturated heterocycles. The number of carbonyl (C=O) groups is 8. The molecule has 0 aromatic heterocycles. The first-order valence-corrected chi connectivity index (χ1v) is 42.3. The number of amides is 12. The summed E-state index contributed by atoms with van der Waals surface area (Å²) in [6.45, 7) is 32.8. The number of nitrogens with one attached hydrogen (secondary N) is 12. The number of aliphatic carboxylic acids is 2. The predicted molar refractivity (Wildman–Crippen MR) is 462 cm³/mol. The molecule has 678 valence electrons. The van der Waals surface area contributed by atoms with Crippen LogP contribution in [-0.2, 0) is 9.59 Å². The first-order chi connectivity index (χ1) is 58.4. The summed E-state index contributed by atoms with van der Waals surface area (Å²) >= 11 is 0. The number of benzene rings is 6. The lowest BCUT2D eigenvalue weighted by Gasteiger charge is -2.39. The van der Waals surface area contributed by atoms with Gasteiger partial charge in [0.05, 0.1) is 64.3 Å². The van der Waals surface area contributed by atoms with Gasteiger partial charge in [0.25, 0.3) is 0 Å². The highest BCUT2D eigenvalue weighted by Gasteiger charge is 2.27. The molecule has 0 bridgehead atoms. The van der Waals surface area contributed by atoms with Gasteiger partial charge in [0.15, 0.2) is 0 Å². The van der Waals surface area contributed by atoms with Crippen molar-refractivity contribution in [3.63, 3.8) is 0 Å². The summed E-state index contributed by atoms with van der Waals surface area (Å²) < 4.78 is 110. The average Bonchev–Trinajstić information content (AvgIpc) is 0.918. The smallest absolute Gasteiger partial charge is 0.319 e. The third-order valence-corrected chi connectivity index (χ3v) is 18.9. The Kier molecular flexibility index (Phi) is 56.3. The van der Waals surface area contributed by atoms with E-state index in [1.807, 2.05) is 9.80 Å². The van der Waals surface area contributed by atoms with Crippen molar-refractivity contribution < 1.29 is 92.7 Å². The summed E-state index contributed by atoms with van der Waals surface area (Å²) in [5, 5.41) is 48.3. The van der Waals surface area contributed by atoms with Crippen LogP contribution in [0.15, 0.2) is 133 Å². The summed E-state index contributed by atoms with van der Waals surface area (Å²) in [6.07, 6.45) is 22.1. The van der Waals surface area contributed by atoms with E-state index < -0.39 is 94.7 Å². The Bertz CT molecular complexity index is 3510. The van der Waals surface area contributed by atoms with Gasteiger partial charge in [0.1, 0.15) is 46.5 Å². The molecule has 12 N–H and O–H groups in total. The average molecular weight is 1720 g/mol. The number of carbonyl (C=O) groups excluding carboxylic acids is 8. The zero-order valence-electron chi connectivity index (χ0n) is 72.1. The Labute approximate surface area is 714 Å². The number of carboxylic acids is 2. The van der Waals surface area contributed by atoms with Crippen LogP contribution in [0.5, 0.6) is 0 Å². The van der Waals surface area contributed by atoms with Crippen molar-refractivity contribution in [1.82, 2.24) is 41.7 Å². The summed E-state index contributed by atoms with van der Waals surface area (Å²) in [4.78, 5) is 94.4. The largest absolute Gasteiger partial charge is 0.543 e. The number of hydrogen-bond acceptors (Lipinski definition) is 12. The SMILES string of the molecule is CCCC[N+](CCCC)(CCCC)CCCC.CCCC[N+](CCCC)(CCCC)CCCC.O=C(NCCN(CCNC(=O)Nc1cccc(F)c1)CCNC(=O)Nc1cc(F)cc(F)c1)Nc1cccc(F)c1.O=C(NCCN(CCNC(=O)Nc1cccc(F)c1)CCNC(=O)Nc1cc(F)cc(F)c1)Nc1cccc(F)c1.O=C([O-])C(=O)[O-]. The minimum absolute atomic E-state index is 0.0566. The van der Waals surface area contributed by atoms with Crippen LogP contribution in [0.4, 0.5) is 98.0 Å². The fourth-order valence-corrected chi connectivity index (χ4v) is 12.5. The third kappa shape index (κ3) is 51.7. The van der Waals surface area contributed by atoms with Crippen molar-refractivity contribution in [2.75, 3.05) is 163 Å². The minimum Gasteiger partial charge on any atom is -0.543 e. The Morgan fingerprint density at radius 2 is 0.418 bits per heavy atom. The molecule has 26 nitrogen and oxygen atoms in total. The molecular formula is C88H130F8N16O10. The number of nitrogens with zero attached hydrogens (tertiary/aromatic N) is 4. The quantitative estimate of drug-likeness (QED) is 0.00964. The van der Waals surface area contributed by atoms with Crippen molar-refractivity contribution in [1.29, 1.82) is 0 Å². The molecule has 0 atom stereocenters. The van der Waals surface area contributed by atoms with Gasteiger partial charge in [0.2, 0.25) is 0 Å². The second kappa shape index (κ2) is 64.0. The van der Waals surface area contributed by atoms with Crippen LogP contribution < -0.4 is 74.0 Å². The molecule has 0 spiro atoms. The third-order valence-electron chi connectivity index (χ3n) is 18.9. The molecule has 0 heterocycles. The Hall–Kier alpha value is -10.8. The molecule has 0 aliphatic rings. The fourth-order valence-electron chi connectivity index (χ4n) is 12.5. The Balaban J connectivity index is 0.000000578. The van der Waals surface area contributed by atoms with Gasteiger partial charge < -0.3 is 92.6 Å². The van der Waals surface area contributed by atoms with Crippen molar-refractivity contribution in [3.8, 4) is 0 Å². The molecule has 6 rings (SSSR count). The number of carboxylic acid groups (broad SMARTS) is 2. The standard InChI is InChI=1S/2C27H29F4N7O3.2C16H36N.C2H2O4/c2*28-18-3-1-5-22(14-18)35-25(39)32-7-10-38(11-8-33-26(40)36-23-6-2-4-19(29)15-23)12-9-34-27(41)37-24-16-20(30)13-21(31)17-24;2*1-5-9-13-17(14-10-6-2,15-11-7-3)16-12-8-4;3-1(4)2(5)6/h2*1-6,13-17H,7-12H2,(H2,32,35,39)(H2,33,36,40)(H2,34,37,41);2*5-16H2,1-4H3;(H,3,4)(H,5,6)/q;;2*+1;/p-2. The number of quaternary nitrogens is 2. The van der Waals surface area contributed by atoms with Gasteiger partial charge in [-0.3, -0.25) is 9.80 Å². The van der Waals surface area contributed by atoms with E-state index >= 15 is 0 Å². The second-order valence-electron chi connectivity index (χ2n) is 29.2. The first-order valence-electron chi connectivity index (χ1n) is 42.3. The van der Waals surface area contributed by atoms with E-state index in [2.05, 4.69) is 119 Å². The molecular weight excluding hydrogens is 1590 g/mol. The molecule has 12 amide bonds.